The molecule has 3 heterocycles. The van der Waals surface area contributed by atoms with Crippen LogP contribution in [0.1, 0.15) is 59.5 Å². The molecule has 0 saturated heterocycles. The van der Waals surface area contributed by atoms with Gasteiger partial charge in [-0.15, -0.1) is 0 Å². The van der Waals surface area contributed by atoms with Gasteiger partial charge in [-0.25, -0.2) is 4.98 Å². The number of unbranched alkanes of at least 4 members (excludes halogenated alkanes) is 2. The van der Waals surface area contributed by atoms with E-state index in [1.807, 2.05) is 37.3 Å². The molecule has 1 amide bonds. The molecule has 0 spiro atoms. The maximum absolute atomic E-state index is 13.7. The van der Waals surface area contributed by atoms with Gasteiger partial charge in [-0.1, -0.05) is 49.6 Å². The predicted molar refractivity (Wildman–Crippen MR) is 137 cm³/mol. The standard InChI is InChI=1S/C28H25ClN2O4/c1-3-4-5-13-34-20-8-6-7-18(14-20)25-24-26(32)21-15-19(29)10-11-22(21)35-27(24)28(33)31(25)23-12-9-17(2)16-30-23/h6-12,14-16,25H,3-5,13H2,1-2H3. The number of halogens is 1. The lowest BCUT2D eigenvalue weighted by molar-refractivity contribution is 0.0970. The van der Waals surface area contributed by atoms with Crippen LogP contribution >= 0.6 is 11.6 Å². The number of fused-ring (bicyclic) bond motifs is 2. The van der Waals surface area contributed by atoms with Crippen molar-refractivity contribution in [3.05, 3.63) is 98.5 Å². The van der Waals surface area contributed by atoms with Crippen LogP contribution < -0.4 is 15.1 Å². The number of aromatic nitrogens is 1. The van der Waals surface area contributed by atoms with Gasteiger partial charge in [0.25, 0.3) is 5.91 Å². The van der Waals surface area contributed by atoms with Gasteiger partial charge in [-0.05, 0) is 60.9 Å². The number of anilines is 1. The minimum absolute atomic E-state index is 0.0199. The first-order valence-corrected chi connectivity index (χ1v) is 12.1. The third-order valence-corrected chi connectivity index (χ3v) is 6.40. The molecule has 1 aliphatic heterocycles. The van der Waals surface area contributed by atoms with Gasteiger partial charge >= 0.3 is 0 Å². The fourth-order valence-corrected chi connectivity index (χ4v) is 4.59. The van der Waals surface area contributed by atoms with Crippen molar-refractivity contribution in [3.8, 4) is 5.75 Å². The summed E-state index contributed by atoms with van der Waals surface area (Å²) in [7, 11) is 0. The number of hydrogen-bond acceptors (Lipinski definition) is 5. The molecule has 0 fully saturated rings. The van der Waals surface area contributed by atoms with Gasteiger partial charge in [0.05, 0.1) is 23.6 Å². The Morgan fingerprint density at radius 1 is 1.09 bits per heavy atom. The zero-order valence-electron chi connectivity index (χ0n) is 19.6. The lowest BCUT2D eigenvalue weighted by Gasteiger charge is -2.24. The summed E-state index contributed by atoms with van der Waals surface area (Å²) in [5.74, 6) is 0.730. The average molecular weight is 489 g/mol. The number of benzene rings is 2. The fourth-order valence-electron chi connectivity index (χ4n) is 4.42. The number of amides is 1. The van der Waals surface area contributed by atoms with Crippen LogP contribution in [0.4, 0.5) is 5.82 Å². The molecule has 0 radical (unpaired) electrons. The van der Waals surface area contributed by atoms with E-state index in [1.165, 1.54) is 4.90 Å². The van der Waals surface area contributed by atoms with Crippen LogP contribution in [-0.4, -0.2) is 17.5 Å². The molecular weight excluding hydrogens is 464 g/mol. The van der Waals surface area contributed by atoms with Crippen LogP contribution in [0.3, 0.4) is 0 Å². The van der Waals surface area contributed by atoms with Gasteiger partial charge in [-0.2, -0.15) is 0 Å². The first-order valence-electron chi connectivity index (χ1n) is 11.7. The van der Waals surface area contributed by atoms with E-state index < -0.39 is 11.9 Å². The number of pyridine rings is 1. The quantitative estimate of drug-likeness (QED) is 0.279. The molecule has 1 unspecified atom stereocenters. The summed E-state index contributed by atoms with van der Waals surface area (Å²) >= 11 is 6.17. The zero-order valence-corrected chi connectivity index (χ0v) is 20.3. The number of aryl methyl sites for hydroxylation is 1. The van der Waals surface area contributed by atoms with E-state index in [9.17, 15) is 9.59 Å². The highest BCUT2D eigenvalue weighted by Gasteiger charge is 2.44. The molecule has 0 N–H and O–H groups in total. The number of carbonyl (C=O) groups is 1. The molecule has 4 aromatic rings. The van der Waals surface area contributed by atoms with E-state index in [0.717, 1.165) is 30.4 Å². The molecule has 7 heteroatoms. The predicted octanol–water partition coefficient (Wildman–Crippen LogP) is 6.47. The molecule has 2 aromatic heterocycles. The number of carbonyl (C=O) groups excluding carboxylic acids is 1. The number of hydrogen-bond donors (Lipinski definition) is 0. The molecule has 1 atom stereocenters. The van der Waals surface area contributed by atoms with Gasteiger partial charge in [-0.3, -0.25) is 14.5 Å². The van der Waals surface area contributed by atoms with Crippen molar-refractivity contribution in [2.75, 3.05) is 11.5 Å². The van der Waals surface area contributed by atoms with Crippen LogP contribution in [0.25, 0.3) is 11.0 Å². The van der Waals surface area contributed by atoms with Crippen LogP contribution in [0.15, 0.2) is 70.0 Å². The average Bonchev–Trinajstić information content (AvgIpc) is 3.15. The summed E-state index contributed by atoms with van der Waals surface area (Å²) in [6.07, 6.45) is 4.85. The highest BCUT2D eigenvalue weighted by molar-refractivity contribution is 6.31. The third-order valence-electron chi connectivity index (χ3n) is 6.17. The molecule has 0 saturated carbocycles. The second-order valence-electron chi connectivity index (χ2n) is 8.71. The fraction of sp³-hybridized carbons (Fsp3) is 0.250. The molecular formula is C28H25ClN2O4. The molecule has 0 aliphatic carbocycles. The first kappa shape index (κ1) is 23.1. The summed E-state index contributed by atoms with van der Waals surface area (Å²) in [5, 5.41) is 0.755. The highest BCUT2D eigenvalue weighted by atomic mass is 35.5. The summed E-state index contributed by atoms with van der Waals surface area (Å²) in [6, 6.07) is 15.3. The Balaban J connectivity index is 1.67. The lowest BCUT2D eigenvalue weighted by Crippen LogP contribution is -2.30. The van der Waals surface area contributed by atoms with Crippen LogP contribution in [0, 0.1) is 6.92 Å². The Kier molecular flexibility index (Phi) is 6.31. The maximum atomic E-state index is 13.7. The summed E-state index contributed by atoms with van der Waals surface area (Å²) < 4.78 is 12.0. The van der Waals surface area contributed by atoms with E-state index in [0.29, 0.717) is 34.2 Å². The Labute approximate surface area is 208 Å². The Morgan fingerprint density at radius 3 is 2.71 bits per heavy atom. The van der Waals surface area contributed by atoms with Gasteiger partial charge < -0.3 is 9.15 Å². The van der Waals surface area contributed by atoms with Crippen LogP contribution in [0.5, 0.6) is 5.75 Å². The van der Waals surface area contributed by atoms with Crippen LogP contribution in [0.2, 0.25) is 5.02 Å². The van der Waals surface area contributed by atoms with Crippen molar-refractivity contribution in [2.24, 2.45) is 0 Å². The minimum Gasteiger partial charge on any atom is -0.494 e. The normalized spacial score (nSPS) is 15.0. The van der Waals surface area contributed by atoms with E-state index in [-0.39, 0.29) is 16.8 Å². The molecule has 1 aliphatic rings. The minimum atomic E-state index is -0.716. The van der Waals surface area contributed by atoms with Crippen molar-refractivity contribution in [2.45, 2.75) is 39.2 Å². The van der Waals surface area contributed by atoms with E-state index >= 15 is 0 Å². The Hall–Kier alpha value is -3.64. The van der Waals surface area contributed by atoms with Gasteiger partial charge in [0, 0.05) is 11.2 Å². The summed E-state index contributed by atoms with van der Waals surface area (Å²) in [5.41, 5.74) is 2.01. The monoisotopic (exact) mass is 488 g/mol. The van der Waals surface area contributed by atoms with E-state index in [1.54, 1.807) is 30.5 Å². The Bertz CT molecular complexity index is 1460. The van der Waals surface area contributed by atoms with Crippen molar-refractivity contribution < 1.29 is 13.9 Å². The number of ether oxygens (including phenoxy) is 1. The van der Waals surface area contributed by atoms with E-state index in [4.69, 9.17) is 20.8 Å². The highest BCUT2D eigenvalue weighted by Crippen LogP contribution is 2.41. The maximum Gasteiger partial charge on any atom is 0.296 e. The summed E-state index contributed by atoms with van der Waals surface area (Å²) in [4.78, 5) is 33.4. The second kappa shape index (κ2) is 9.55. The van der Waals surface area contributed by atoms with Crippen molar-refractivity contribution in [3.63, 3.8) is 0 Å². The SMILES string of the molecule is CCCCCOc1cccc(C2c3c(oc4ccc(Cl)cc4c3=O)C(=O)N2c2ccc(C)cn2)c1. The number of rotatable bonds is 7. The molecule has 5 rings (SSSR count). The molecule has 2 aromatic carbocycles. The largest absolute Gasteiger partial charge is 0.494 e. The lowest BCUT2D eigenvalue weighted by atomic mass is 9.98. The molecule has 0 bridgehead atoms. The smallest absolute Gasteiger partial charge is 0.296 e. The van der Waals surface area contributed by atoms with Gasteiger partial charge in [0.2, 0.25) is 5.76 Å². The summed E-state index contributed by atoms with van der Waals surface area (Å²) in [6.45, 7) is 4.67. The topological polar surface area (TPSA) is 72.6 Å². The molecule has 35 heavy (non-hydrogen) atoms. The van der Waals surface area contributed by atoms with Crippen LogP contribution in [-0.2, 0) is 0 Å². The Morgan fingerprint density at radius 2 is 1.94 bits per heavy atom. The van der Waals surface area contributed by atoms with Gasteiger partial charge in [0.1, 0.15) is 17.2 Å². The van der Waals surface area contributed by atoms with Crippen molar-refractivity contribution >= 4 is 34.3 Å². The first-order chi connectivity index (χ1) is 17.0. The molecule has 6 nitrogen and oxygen atoms in total. The third kappa shape index (κ3) is 4.30. The second-order valence-corrected chi connectivity index (χ2v) is 9.15. The number of nitrogens with zero attached hydrogens (tertiary/aromatic N) is 2. The van der Waals surface area contributed by atoms with E-state index in [2.05, 4.69) is 11.9 Å². The molecule has 178 valence electrons. The van der Waals surface area contributed by atoms with Crippen molar-refractivity contribution in [1.82, 2.24) is 4.98 Å². The van der Waals surface area contributed by atoms with Gasteiger partial charge in [0.15, 0.2) is 5.43 Å². The van der Waals surface area contributed by atoms with Crippen molar-refractivity contribution in [1.29, 1.82) is 0 Å². The zero-order chi connectivity index (χ0) is 24.5.